The van der Waals surface area contributed by atoms with Gasteiger partial charge in [0, 0.05) is 6.42 Å². The lowest BCUT2D eigenvalue weighted by Gasteiger charge is -2.29. The first-order valence-corrected chi connectivity index (χ1v) is 25.5. The molecule has 0 aromatic heterocycles. The van der Waals surface area contributed by atoms with E-state index in [1.165, 1.54) is 173 Å². The third-order valence-electron chi connectivity index (χ3n) is 11.0. The van der Waals surface area contributed by atoms with E-state index in [0.717, 1.165) is 38.5 Å². The molecule has 0 saturated heterocycles. The summed E-state index contributed by atoms with van der Waals surface area (Å²) in [6.45, 7) is 4.66. The second-order valence-electron chi connectivity index (χ2n) is 17.8. The molecule has 9 heteroatoms. The number of aliphatic hydroxyl groups is 1. The van der Waals surface area contributed by atoms with Crippen LogP contribution in [0.3, 0.4) is 0 Å². The summed E-state index contributed by atoms with van der Waals surface area (Å²) in [7, 11) is 1.27. The Balaban J connectivity index is 4.28. The third kappa shape index (κ3) is 41.4. The standard InChI is InChI=1S/C47H95N2O6P/c1-6-8-10-12-14-16-18-20-21-22-23-24-25-26-27-28-29-30-32-34-36-38-40-46(50)45(44-55-56(52,53)54-43-42-49(3,4)5)48-47(51)41-39-37-35-33-31-19-17-15-13-11-9-7-2/h38,40,45-46,50H,6-37,39,41-44H2,1-5H3,(H-,48,51,52,53)/b40-38+. The van der Waals surface area contributed by atoms with Crippen LogP contribution < -0.4 is 10.2 Å². The predicted molar refractivity (Wildman–Crippen MR) is 238 cm³/mol. The maximum absolute atomic E-state index is 12.8. The highest BCUT2D eigenvalue weighted by molar-refractivity contribution is 7.45. The Morgan fingerprint density at radius 2 is 0.964 bits per heavy atom. The molecule has 0 aliphatic heterocycles. The summed E-state index contributed by atoms with van der Waals surface area (Å²) >= 11 is 0. The number of carbonyl (C=O) groups excluding carboxylic acids is 1. The molecule has 3 atom stereocenters. The molecule has 0 spiro atoms. The van der Waals surface area contributed by atoms with Crippen LogP contribution in [0.4, 0.5) is 0 Å². The van der Waals surface area contributed by atoms with Crippen LogP contribution in [0.25, 0.3) is 0 Å². The van der Waals surface area contributed by atoms with E-state index < -0.39 is 20.0 Å². The molecule has 0 aliphatic carbocycles. The Bertz CT molecular complexity index is 927. The van der Waals surface area contributed by atoms with Crippen molar-refractivity contribution >= 4 is 13.7 Å². The van der Waals surface area contributed by atoms with Gasteiger partial charge in [-0.15, -0.1) is 0 Å². The molecule has 0 aliphatic rings. The number of amides is 1. The van der Waals surface area contributed by atoms with Crippen molar-refractivity contribution in [2.75, 3.05) is 40.9 Å². The third-order valence-corrected chi connectivity index (χ3v) is 12.0. The smallest absolute Gasteiger partial charge is 0.268 e. The van der Waals surface area contributed by atoms with Gasteiger partial charge in [-0.25, -0.2) is 0 Å². The predicted octanol–water partition coefficient (Wildman–Crippen LogP) is 12.9. The summed E-state index contributed by atoms with van der Waals surface area (Å²) in [5.74, 6) is -0.195. The van der Waals surface area contributed by atoms with Crippen molar-refractivity contribution in [3.8, 4) is 0 Å². The lowest BCUT2D eigenvalue weighted by Crippen LogP contribution is -2.45. The number of rotatable bonds is 44. The zero-order valence-electron chi connectivity index (χ0n) is 37.9. The Labute approximate surface area is 348 Å². The number of carbonyl (C=O) groups is 1. The summed E-state index contributed by atoms with van der Waals surface area (Å²) in [4.78, 5) is 25.3. The molecule has 0 aromatic carbocycles. The number of quaternary nitrogens is 1. The Hall–Kier alpha value is -0.760. The van der Waals surface area contributed by atoms with E-state index in [2.05, 4.69) is 19.2 Å². The van der Waals surface area contributed by atoms with Crippen LogP contribution in [-0.4, -0.2) is 68.5 Å². The van der Waals surface area contributed by atoms with E-state index in [1.54, 1.807) is 6.08 Å². The second kappa shape index (κ2) is 39.7. The summed E-state index contributed by atoms with van der Waals surface area (Å²) in [6, 6.07) is -0.879. The molecule has 0 aromatic rings. The second-order valence-corrected chi connectivity index (χ2v) is 19.2. The number of aliphatic hydroxyl groups excluding tert-OH is 1. The molecule has 334 valence electrons. The van der Waals surface area contributed by atoms with E-state index >= 15 is 0 Å². The Morgan fingerprint density at radius 3 is 1.34 bits per heavy atom. The number of likely N-dealkylation sites (N-methyl/N-ethyl adjacent to an activating group) is 1. The number of nitrogens with zero attached hydrogens (tertiary/aromatic N) is 1. The van der Waals surface area contributed by atoms with E-state index in [-0.39, 0.29) is 19.1 Å². The summed E-state index contributed by atoms with van der Waals surface area (Å²) in [5.41, 5.74) is 0. The zero-order chi connectivity index (χ0) is 41.4. The lowest BCUT2D eigenvalue weighted by atomic mass is 10.0. The topological polar surface area (TPSA) is 108 Å². The summed E-state index contributed by atoms with van der Waals surface area (Å²) in [6.07, 6.45) is 45.5. The van der Waals surface area contributed by atoms with Gasteiger partial charge in [0.2, 0.25) is 5.91 Å². The zero-order valence-corrected chi connectivity index (χ0v) is 38.7. The number of phosphoric ester groups is 1. The number of phosphoric acid groups is 1. The van der Waals surface area contributed by atoms with Gasteiger partial charge >= 0.3 is 0 Å². The minimum absolute atomic E-state index is 0.00218. The van der Waals surface area contributed by atoms with Crippen molar-refractivity contribution < 1.29 is 32.9 Å². The Kier molecular flexibility index (Phi) is 39.1. The monoisotopic (exact) mass is 815 g/mol. The molecule has 0 saturated carbocycles. The molecule has 0 rings (SSSR count). The average molecular weight is 815 g/mol. The SMILES string of the molecule is CCCCCCCCCCCCCCCCCCCCCC/C=C/C(O)C(COP(=O)([O-])OCC[N+](C)(C)C)NC(=O)CCCCCCCCCCCCCC. The van der Waals surface area contributed by atoms with Gasteiger partial charge in [-0.3, -0.25) is 9.36 Å². The number of nitrogens with one attached hydrogen (secondary N) is 1. The molecule has 0 bridgehead atoms. The van der Waals surface area contributed by atoms with Gasteiger partial charge in [-0.1, -0.05) is 219 Å². The molecule has 0 radical (unpaired) electrons. The normalized spacial score (nSPS) is 14.3. The van der Waals surface area contributed by atoms with E-state index in [1.807, 2.05) is 27.2 Å². The van der Waals surface area contributed by atoms with Crippen molar-refractivity contribution in [2.45, 2.75) is 244 Å². The number of allylic oxidation sites excluding steroid dienone is 1. The number of hydrogen-bond donors (Lipinski definition) is 2. The molecule has 1 amide bonds. The van der Waals surface area contributed by atoms with Crippen molar-refractivity contribution in [3.05, 3.63) is 12.2 Å². The summed E-state index contributed by atoms with van der Waals surface area (Å²) < 4.78 is 23.2. The van der Waals surface area contributed by atoms with Crippen LogP contribution in [0, 0.1) is 0 Å². The number of hydrogen-bond acceptors (Lipinski definition) is 6. The highest BCUT2D eigenvalue weighted by atomic mass is 31.2. The van der Waals surface area contributed by atoms with Crippen molar-refractivity contribution in [1.82, 2.24) is 5.32 Å². The highest BCUT2D eigenvalue weighted by Gasteiger charge is 2.23. The first-order valence-electron chi connectivity index (χ1n) is 24.1. The van der Waals surface area contributed by atoms with Crippen LogP contribution in [-0.2, 0) is 18.4 Å². The van der Waals surface area contributed by atoms with Gasteiger partial charge < -0.3 is 28.8 Å². The van der Waals surface area contributed by atoms with Gasteiger partial charge in [-0.05, 0) is 19.3 Å². The molecule has 3 unspecified atom stereocenters. The largest absolute Gasteiger partial charge is 0.756 e. The van der Waals surface area contributed by atoms with Crippen LogP contribution in [0.1, 0.15) is 232 Å². The lowest BCUT2D eigenvalue weighted by molar-refractivity contribution is -0.870. The van der Waals surface area contributed by atoms with Gasteiger partial charge in [0.1, 0.15) is 13.2 Å². The van der Waals surface area contributed by atoms with Crippen LogP contribution >= 0.6 is 7.82 Å². The van der Waals surface area contributed by atoms with Gasteiger partial charge in [0.15, 0.2) is 0 Å². The van der Waals surface area contributed by atoms with Crippen molar-refractivity contribution in [2.24, 2.45) is 0 Å². The molecule has 0 fully saturated rings. The molecular weight excluding hydrogens is 719 g/mol. The van der Waals surface area contributed by atoms with E-state index in [4.69, 9.17) is 9.05 Å². The fourth-order valence-electron chi connectivity index (χ4n) is 7.15. The van der Waals surface area contributed by atoms with Gasteiger partial charge in [-0.2, -0.15) is 0 Å². The van der Waals surface area contributed by atoms with Crippen LogP contribution in [0.2, 0.25) is 0 Å². The average Bonchev–Trinajstić information content (AvgIpc) is 3.15. The first-order chi connectivity index (χ1) is 27.0. The van der Waals surface area contributed by atoms with Crippen LogP contribution in [0.5, 0.6) is 0 Å². The maximum atomic E-state index is 12.8. The Morgan fingerprint density at radius 1 is 0.607 bits per heavy atom. The fraction of sp³-hybridized carbons (Fsp3) is 0.936. The molecule has 8 nitrogen and oxygen atoms in total. The van der Waals surface area contributed by atoms with Crippen molar-refractivity contribution in [1.29, 1.82) is 0 Å². The molecule has 0 heterocycles. The highest BCUT2D eigenvalue weighted by Crippen LogP contribution is 2.38. The quantitative estimate of drug-likeness (QED) is 0.0274. The first kappa shape index (κ1) is 55.2. The van der Waals surface area contributed by atoms with E-state index in [0.29, 0.717) is 17.4 Å². The maximum Gasteiger partial charge on any atom is 0.268 e. The molecule has 2 N–H and O–H groups in total. The molecule has 56 heavy (non-hydrogen) atoms. The summed E-state index contributed by atoms with van der Waals surface area (Å²) in [5, 5.41) is 13.8. The van der Waals surface area contributed by atoms with Gasteiger partial charge in [0.25, 0.3) is 7.82 Å². The van der Waals surface area contributed by atoms with E-state index in [9.17, 15) is 19.4 Å². The fourth-order valence-corrected chi connectivity index (χ4v) is 7.88. The number of unbranched alkanes of at least 4 members (excludes halogenated alkanes) is 31. The van der Waals surface area contributed by atoms with Gasteiger partial charge in [0.05, 0.1) is 39.9 Å². The van der Waals surface area contributed by atoms with Crippen molar-refractivity contribution in [3.63, 3.8) is 0 Å². The minimum atomic E-state index is -4.58. The minimum Gasteiger partial charge on any atom is -0.756 e. The van der Waals surface area contributed by atoms with Crippen LogP contribution in [0.15, 0.2) is 12.2 Å². The molecular formula is C47H95N2O6P.